The van der Waals surface area contributed by atoms with Crippen molar-refractivity contribution in [1.82, 2.24) is 9.80 Å². The van der Waals surface area contributed by atoms with Gasteiger partial charge in [0.2, 0.25) is 5.91 Å². The molecule has 2 aliphatic rings. The Morgan fingerprint density at radius 3 is 2.00 bits per heavy atom. The number of carbonyl (C=O) groups excluding carboxylic acids is 1. The molecule has 2 aliphatic heterocycles. The molecule has 0 aromatic heterocycles. The molecular weight excluding hydrogens is 264 g/mol. The third-order valence-electron chi connectivity index (χ3n) is 3.22. The third kappa shape index (κ3) is 1.95. The number of fused-ring (bicyclic) bond motifs is 1. The van der Waals surface area contributed by atoms with E-state index in [1.54, 1.807) is 0 Å². The van der Waals surface area contributed by atoms with Crippen LogP contribution in [0.5, 0.6) is 0 Å². The van der Waals surface area contributed by atoms with Crippen molar-refractivity contribution < 1.29 is 14.7 Å². The first kappa shape index (κ1) is 10.7. The second-order valence-electron chi connectivity index (χ2n) is 4.14. The summed E-state index contributed by atoms with van der Waals surface area (Å²) in [5.41, 5.74) is 0. The summed E-state index contributed by atoms with van der Waals surface area (Å²) in [5, 5.41) is 9.18. The summed E-state index contributed by atoms with van der Waals surface area (Å²) in [6, 6.07) is 0. The number of likely N-dealkylation sites (tertiary alicyclic amines) is 2. The van der Waals surface area contributed by atoms with Crippen molar-refractivity contribution >= 4 is 27.9 Å². The molecule has 1 N–H and O–H groups in total. The van der Waals surface area contributed by atoms with Crippen LogP contribution in [0.1, 0.15) is 0 Å². The normalized spacial score (nSPS) is 29.4. The van der Waals surface area contributed by atoms with Crippen LogP contribution in [0, 0.1) is 11.8 Å². The fourth-order valence-corrected chi connectivity index (χ4v) is 2.79. The van der Waals surface area contributed by atoms with Crippen LogP contribution < -0.4 is 0 Å². The van der Waals surface area contributed by atoms with Crippen LogP contribution in [0.15, 0.2) is 0 Å². The smallest absolute Gasteiger partial charge is 0.407 e. The van der Waals surface area contributed by atoms with Crippen LogP contribution >= 0.6 is 15.9 Å². The lowest BCUT2D eigenvalue weighted by atomic mass is 10.0. The standard InChI is InChI=1S/C9H13BrN2O3/c10-1-8(13)11-2-6-4-12(9(14)15)5-7(6)3-11/h6-7H,1-5H2,(H,14,15). The largest absolute Gasteiger partial charge is 0.465 e. The van der Waals surface area contributed by atoms with E-state index >= 15 is 0 Å². The second kappa shape index (κ2) is 4.00. The molecule has 5 nitrogen and oxygen atoms in total. The van der Waals surface area contributed by atoms with Gasteiger partial charge in [-0.25, -0.2) is 4.79 Å². The fourth-order valence-electron chi connectivity index (χ4n) is 2.44. The molecule has 6 heteroatoms. The van der Waals surface area contributed by atoms with E-state index in [9.17, 15) is 9.59 Å². The quantitative estimate of drug-likeness (QED) is 0.708. The number of nitrogens with zero attached hydrogens (tertiary/aromatic N) is 2. The highest BCUT2D eigenvalue weighted by Gasteiger charge is 2.42. The number of alkyl halides is 1. The van der Waals surface area contributed by atoms with E-state index in [1.165, 1.54) is 4.90 Å². The Bertz CT molecular complexity index is 283. The number of carbonyl (C=O) groups is 2. The van der Waals surface area contributed by atoms with Gasteiger partial charge in [-0.2, -0.15) is 0 Å². The molecule has 0 spiro atoms. The van der Waals surface area contributed by atoms with Gasteiger partial charge in [0.1, 0.15) is 0 Å². The van der Waals surface area contributed by atoms with Crippen molar-refractivity contribution in [1.29, 1.82) is 0 Å². The summed E-state index contributed by atoms with van der Waals surface area (Å²) in [6.45, 7) is 2.57. The average molecular weight is 277 g/mol. The molecule has 15 heavy (non-hydrogen) atoms. The van der Waals surface area contributed by atoms with E-state index in [0.717, 1.165) is 0 Å². The van der Waals surface area contributed by atoms with Crippen molar-refractivity contribution in [3.05, 3.63) is 0 Å². The van der Waals surface area contributed by atoms with Crippen molar-refractivity contribution in [3.8, 4) is 0 Å². The van der Waals surface area contributed by atoms with Crippen LogP contribution in [0.2, 0.25) is 0 Å². The Morgan fingerprint density at radius 1 is 1.13 bits per heavy atom. The van der Waals surface area contributed by atoms with Crippen molar-refractivity contribution in [2.75, 3.05) is 31.5 Å². The summed E-state index contributed by atoms with van der Waals surface area (Å²) in [7, 11) is 0. The minimum Gasteiger partial charge on any atom is -0.465 e. The highest BCUT2D eigenvalue weighted by Crippen LogP contribution is 2.31. The first-order chi connectivity index (χ1) is 7.11. The van der Waals surface area contributed by atoms with Gasteiger partial charge in [-0.05, 0) is 0 Å². The van der Waals surface area contributed by atoms with Gasteiger partial charge in [-0.15, -0.1) is 0 Å². The number of amides is 2. The first-order valence-corrected chi connectivity index (χ1v) is 6.05. The Morgan fingerprint density at radius 2 is 1.60 bits per heavy atom. The van der Waals surface area contributed by atoms with Gasteiger partial charge >= 0.3 is 6.09 Å². The number of halogens is 1. The molecular formula is C9H13BrN2O3. The van der Waals surface area contributed by atoms with Crippen LogP contribution in [-0.4, -0.2) is 58.4 Å². The van der Waals surface area contributed by atoms with Crippen LogP contribution in [-0.2, 0) is 4.79 Å². The Hall–Kier alpha value is -0.780. The summed E-state index contributed by atoms with van der Waals surface area (Å²) in [4.78, 5) is 25.4. The Kier molecular flexibility index (Phi) is 2.86. The Balaban J connectivity index is 1.93. The van der Waals surface area contributed by atoms with Crippen LogP contribution in [0.3, 0.4) is 0 Å². The summed E-state index contributed by atoms with van der Waals surface area (Å²) >= 11 is 3.14. The Labute approximate surface area is 96.2 Å². The van der Waals surface area contributed by atoms with Gasteiger partial charge in [-0.3, -0.25) is 4.79 Å². The summed E-state index contributed by atoms with van der Waals surface area (Å²) in [6.07, 6.45) is -0.845. The molecule has 2 saturated heterocycles. The molecule has 2 heterocycles. The van der Waals surface area contributed by atoms with E-state index in [2.05, 4.69) is 15.9 Å². The van der Waals surface area contributed by atoms with Crippen LogP contribution in [0.4, 0.5) is 4.79 Å². The maximum atomic E-state index is 11.4. The van der Waals surface area contributed by atoms with Gasteiger partial charge in [0.25, 0.3) is 0 Å². The molecule has 2 atom stereocenters. The van der Waals surface area contributed by atoms with Crippen LogP contribution in [0.25, 0.3) is 0 Å². The number of hydrogen-bond donors (Lipinski definition) is 1. The van der Waals surface area contributed by atoms with Crippen molar-refractivity contribution in [2.45, 2.75) is 0 Å². The minimum absolute atomic E-state index is 0.103. The molecule has 2 rings (SSSR count). The number of carboxylic acid groups (broad SMARTS) is 1. The average Bonchev–Trinajstić information content (AvgIpc) is 2.72. The summed E-state index contributed by atoms with van der Waals surface area (Å²) < 4.78 is 0. The maximum absolute atomic E-state index is 11.4. The SMILES string of the molecule is O=C(O)N1CC2CN(C(=O)CBr)CC2C1. The molecule has 2 fully saturated rings. The summed E-state index contributed by atoms with van der Waals surface area (Å²) in [5.74, 6) is 0.777. The predicted octanol–water partition coefficient (Wildman–Crippen LogP) is 0.450. The molecule has 0 radical (unpaired) electrons. The molecule has 2 unspecified atom stereocenters. The number of hydrogen-bond acceptors (Lipinski definition) is 2. The van der Waals surface area contributed by atoms with Crippen molar-refractivity contribution in [3.63, 3.8) is 0 Å². The third-order valence-corrected chi connectivity index (χ3v) is 3.70. The number of rotatable bonds is 1. The van der Waals surface area contributed by atoms with Gasteiger partial charge in [0.05, 0.1) is 5.33 Å². The lowest BCUT2D eigenvalue weighted by Gasteiger charge is -2.19. The van der Waals surface area contributed by atoms with Gasteiger partial charge < -0.3 is 14.9 Å². The van der Waals surface area contributed by atoms with E-state index < -0.39 is 6.09 Å². The zero-order chi connectivity index (χ0) is 11.0. The minimum atomic E-state index is -0.845. The van der Waals surface area contributed by atoms with Gasteiger partial charge in [0, 0.05) is 38.0 Å². The zero-order valence-corrected chi connectivity index (χ0v) is 9.81. The molecule has 0 aromatic rings. The molecule has 0 aromatic carbocycles. The lowest BCUT2D eigenvalue weighted by Crippen LogP contribution is -2.35. The van der Waals surface area contributed by atoms with Crippen molar-refractivity contribution in [2.24, 2.45) is 11.8 Å². The molecule has 2 amide bonds. The van der Waals surface area contributed by atoms with Gasteiger partial charge in [-0.1, -0.05) is 15.9 Å². The second-order valence-corrected chi connectivity index (χ2v) is 4.70. The monoisotopic (exact) mass is 276 g/mol. The van der Waals surface area contributed by atoms with E-state index in [-0.39, 0.29) is 5.91 Å². The first-order valence-electron chi connectivity index (χ1n) is 4.93. The highest BCUT2D eigenvalue weighted by atomic mass is 79.9. The zero-order valence-electron chi connectivity index (χ0n) is 8.23. The fraction of sp³-hybridized carbons (Fsp3) is 0.778. The lowest BCUT2D eigenvalue weighted by molar-refractivity contribution is -0.127. The van der Waals surface area contributed by atoms with Gasteiger partial charge in [0.15, 0.2) is 0 Å². The molecule has 0 saturated carbocycles. The molecule has 0 bridgehead atoms. The highest BCUT2D eigenvalue weighted by molar-refractivity contribution is 9.09. The predicted molar refractivity (Wildman–Crippen MR) is 57.0 cm³/mol. The van der Waals surface area contributed by atoms with E-state index in [0.29, 0.717) is 43.3 Å². The molecule has 0 aliphatic carbocycles. The molecule has 84 valence electrons. The maximum Gasteiger partial charge on any atom is 0.407 e. The van der Waals surface area contributed by atoms with E-state index in [4.69, 9.17) is 5.11 Å². The topological polar surface area (TPSA) is 60.9 Å². The van der Waals surface area contributed by atoms with E-state index in [1.807, 2.05) is 4.90 Å².